The van der Waals surface area contributed by atoms with Gasteiger partial charge in [-0.15, -0.1) is 12.8 Å². The van der Waals surface area contributed by atoms with Gasteiger partial charge in [0.15, 0.2) is 23.2 Å². The van der Waals surface area contributed by atoms with Gasteiger partial charge in [0.2, 0.25) is 0 Å². The Bertz CT molecular complexity index is 9250. The van der Waals surface area contributed by atoms with Crippen LogP contribution in [0.1, 0.15) is 56.3 Å². The quantitative estimate of drug-likeness (QED) is 0.0318. The average Bonchev–Trinajstić information content (AvgIpc) is 1.61. The molecule has 12 heterocycles. The first-order chi connectivity index (χ1) is 67.8. The van der Waals surface area contributed by atoms with Gasteiger partial charge in [-0.25, -0.2) is 73.8 Å². The van der Waals surface area contributed by atoms with E-state index in [-0.39, 0.29) is 67.9 Å². The maximum Gasteiger partial charge on any atom is 0.251 e. The van der Waals surface area contributed by atoms with Gasteiger partial charge in [0.25, 0.3) is 5.91 Å². The summed E-state index contributed by atoms with van der Waals surface area (Å²) in [6, 6.07) is 72.4. The van der Waals surface area contributed by atoms with Crippen LogP contribution < -0.4 is 5.32 Å². The van der Waals surface area contributed by atoms with Crippen LogP contribution in [0.15, 0.2) is 292 Å². The number of aromatic nitrogens is 12. The Kier molecular flexibility index (Phi) is 25.1. The number of Topliss-reactive ketones (excluding diaryl/α,β-unsaturated/α-hetero) is 1. The van der Waals surface area contributed by atoms with Crippen LogP contribution in [0.4, 0.5) is 43.9 Å². The summed E-state index contributed by atoms with van der Waals surface area (Å²) in [5.74, 6) is -1.46. The molecule has 0 unspecified atom stereocenters. The number of benzene rings is 12. The van der Waals surface area contributed by atoms with E-state index in [2.05, 4.69) is 84.1 Å². The zero-order chi connectivity index (χ0) is 97.6. The number of para-hydroxylation sites is 5. The lowest BCUT2D eigenvalue weighted by Gasteiger charge is -2.07. The van der Waals surface area contributed by atoms with Crippen molar-refractivity contribution in [3.8, 4) is 92.2 Å². The summed E-state index contributed by atoms with van der Waals surface area (Å²) in [5.41, 5.74) is 17.6. The summed E-state index contributed by atoms with van der Waals surface area (Å²) in [4.78, 5) is 69.3. The lowest BCUT2D eigenvalue weighted by atomic mass is 10.0. The summed E-state index contributed by atoms with van der Waals surface area (Å²) in [6.45, 7) is 5.02. The number of H-pyrrole nitrogens is 6. The van der Waals surface area contributed by atoms with Crippen molar-refractivity contribution >= 4 is 166 Å². The molecular weight excluding hydrogens is 1830 g/mol. The largest absolute Gasteiger partial charge is 0.360 e. The van der Waals surface area contributed by atoms with Crippen molar-refractivity contribution in [2.45, 2.75) is 27.2 Å². The fraction of sp³-hybridized carbons (Fsp3) is 0.0442. The molecule has 0 fully saturated rings. The highest BCUT2D eigenvalue weighted by Crippen LogP contribution is 2.41. The monoisotopic (exact) mass is 1900 g/mol. The summed E-state index contributed by atoms with van der Waals surface area (Å²) < 4.78 is 139. The molecule has 0 aliphatic rings. The summed E-state index contributed by atoms with van der Waals surface area (Å²) in [7, 11) is 1.59. The van der Waals surface area contributed by atoms with Crippen molar-refractivity contribution in [1.29, 1.82) is 0 Å². The molecule has 0 bridgehead atoms. The first kappa shape index (κ1) is 91.6. The fourth-order valence-electron chi connectivity index (χ4n) is 17.1. The van der Waals surface area contributed by atoms with E-state index in [0.717, 1.165) is 98.8 Å². The number of hydrogen-bond acceptors (Lipinski definition) is 8. The molecule has 27 heteroatoms. The molecule has 140 heavy (non-hydrogen) atoms. The first-order valence-electron chi connectivity index (χ1n) is 43.6. The second-order valence-corrected chi connectivity index (χ2v) is 33.4. The lowest BCUT2D eigenvalue weighted by Crippen LogP contribution is -2.18. The number of pyridine rings is 6. The molecule has 0 saturated carbocycles. The standard InChI is InChI=1S/C21H14FN3O.C20H16N2O.C19H10ClFN2.C18H11ClF2N2.C18H12F2N2.C17H8F4N2/c1-3-12-9-13(22)10-16-17(11-24-20(12)16)19-8-7-14-15(21(26)23-2)5-4-6-18(14)25-19;1-2-20(23)15-7-5-9-18-14(15)10-11-19(22-18)16-12-21-17-8-4-3-6-13(16)17;1-2-11-8-13(21)9-14-15(10-22-18(11)14)17-7-6-12-4-3-5-16(20)19(12)23-17;1-9-14(20)7-11-12(8-22-18(11)16(9)21)15-6-5-10-3-2-4-13(19)17(10)23-15;1-10-7-17-12(8-15(10)20)13(9-21-17)16-6-5-11-3-2-4-14(19)18(11)22-16;18-10-3-1-2-8-4-5-13(23-16(8)10)9-7-22-17-12(20)6-11(19)15(21)14(9)17/h1,4-11,24H,2H3,(H,23,26);3-12,21H,2H2,1H3;1,3-10,22H;2-8,22H,1H3;2-9,21H,1H3;1-7,22H. The van der Waals surface area contributed by atoms with Gasteiger partial charge in [0, 0.05) is 177 Å². The van der Waals surface area contributed by atoms with Gasteiger partial charge in [-0.2, -0.15) is 0 Å². The van der Waals surface area contributed by atoms with Crippen LogP contribution in [0.2, 0.25) is 10.0 Å². The van der Waals surface area contributed by atoms with Gasteiger partial charge in [-0.05, 0) is 159 Å². The van der Waals surface area contributed by atoms with E-state index in [1.807, 2.05) is 141 Å². The molecule has 0 spiro atoms. The number of fused-ring (bicyclic) bond motifs is 12. The van der Waals surface area contributed by atoms with Crippen LogP contribution in [-0.2, 0) is 0 Å². The molecule has 0 saturated heterocycles. The number of carbonyl (C=O) groups excluding carboxylic acids is 2. The number of ketones is 1. The van der Waals surface area contributed by atoms with Crippen LogP contribution in [0.25, 0.3) is 198 Å². The van der Waals surface area contributed by atoms with Crippen LogP contribution in [0.3, 0.4) is 0 Å². The number of terminal acetylenes is 2. The maximum atomic E-state index is 14.2. The highest BCUT2D eigenvalue weighted by molar-refractivity contribution is 6.35. The maximum absolute atomic E-state index is 14.2. The Labute approximate surface area is 799 Å². The lowest BCUT2D eigenvalue weighted by molar-refractivity contribution is 0.0962. The number of aryl methyl sites for hydroxylation is 1. The van der Waals surface area contributed by atoms with Crippen molar-refractivity contribution in [2.24, 2.45) is 0 Å². The second kappa shape index (κ2) is 38.3. The van der Waals surface area contributed by atoms with Gasteiger partial charge < -0.3 is 35.2 Å². The number of rotatable bonds is 9. The SMILES string of the molecule is C#Cc1cc(F)cc2c(-c3ccc4c(C(=O)NC)cccc4n3)c[nH]c12.C#Cc1cc(F)cc2c(-c3ccc4cccc(Cl)c4n3)c[nH]c12.CCC(=O)c1cccc2nc(-c3c[nH]c4ccccc34)ccc12.Cc1c(F)cc2c(-c3ccc4cccc(Cl)c4n3)c[nH]c2c1F.Cc1cc2[nH]cc(-c3ccc4cccc(F)c4n3)c2cc1F.Fc1cc(F)c2[nH]cc(-c3ccc4cccc(F)c4n3)c2c1F. The molecule has 0 atom stereocenters. The van der Waals surface area contributed by atoms with Crippen molar-refractivity contribution < 1.29 is 53.5 Å². The fourth-order valence-corrected chi connectivity index (χ4v) is 17.6. The van der Waals surface area contributed by atoms with E-state index in [0.29, 0.717) is 117 Å². The molecule has 12 aromatic heterocycles. The number of amides is 1. The Hall–Kier alpha value is -17.5. The number of hydrogen-bond donors (Lipinski definition) is 7. The number of nitrogens with zero attached hydrogens (tertiary/aromatic N) is 6. The predicted octanol–water partition coefficient (Wildman–Crippen LogP) is 29.5. The van der Waals surface area contributed by atoms with E-state index in [9.17, 15) is 53.5 Å². The summed E-state index contributed by atoms with van der Waals surface area (Å²) >= 11 is 12.4. The third-order valence-electron chi connectivity index (χ3n) is 24.2. The van der Waals surface area contributed by atoms with E-state index < -0.39 is 40.7 Å². The molecule has 12 aromatic carbocycles. The second-order valence-electron chi connectivity index (χ2n) is 32.6. The highest BCUT2D eigenvalue weighted by atomic mass is 35.5. The Morgan fingerprint density at radius 3 is 1.29 bits per heavy atom. The zero-order valence-electron chi connectivity index (χ0n) is 74.1. The van der Waals surface area contributed by atoms with Gasteiger partial charge in [0.1, 0.15) is 51.8 Å². The van der Waals surface area contributed by atoms with Crippen molar-refractivity contribution in [1.82, 2.24) is 65.1 Å². The number of carbonyl (C=O) groups is 2. The van der Waals surface area contributed by atoms with E-state index in [4.69, 9.17) is 41.0 Å². The number of halogens is 12. The van der Waals surface area contributed by atoms with E-state index in [1.54, 1.807) is 99.4 Å². The smallest absolute Gasteiger partial charge is 0.251 e. The van der Waals surface area contributed by atoms with Crippen LogP contribution >= 0.6 is 23.2 Å². The molecule has 24 rings (SSSR count). The first-order valence-corrected chi connectivity index (χ1v) is 44.3. The topological polar surface area (TPSA) is 218 Å². The normalized spacial score (nSPS) is 11.2. The molecule has 684 valence electrons. The molecule has 0 radical (unpaired) electrons. The third-order valence-corrected chi connectivity index (χ3v) is 24.8. The minimum absolute atomic E-state index is 0.000384. The van der Waals surface area contributed by atoms with Crippen molar-refractivity contribution in [3.63, 3.8) is 0 Å². The highest BCUT2D eigenvalue weighted by Gasteiger charge is 2.24. The van der Waals surface area contributed by atoms with Gasteiger partial charge >= 0.3 is 0 Å². The third kappa shape index (κ3) is 17.5. The Morgan fingerprint density at radius 2 is 0.757 bits per heavy atom. The molecule has 15 nitrogen and oxygen atoms in total. The van der Waals surface area contributed by atoms with Gasteiger partial charge in [-0.3, -0.25) is 9.59 Å². The Balaban J connectivity index is 0.000000107. The Morgan fingerprint density at radius 1 is 0.343 bits per heavy atom. The van der Waals surface area contributed by atoms with Gasteiger partial charge in [0.05, 0.1) is 105 Å². The minimum Gasteiger partial charge on any atom is -0.360 e. The molecule has 7 N–H and O–H groups in total. The van der Waals surface area contributed by atoms with E-state index >= 15 is 0 Å². The molecule has 0 aliphatic carbocycles. The average molecular weight is 1900 g/mol. The minimum atomic E-state index is -1.29. The van der Waals surface area contributed by atoms with Gasteiger partial charge in [-0.1, -0.05) is 151 Å². The summed E-state index contributed by atoms with van der Waals surface area (Å²) in [6.07, 6.45) is 21.7. The molecule has 0 aliphatic heterocycles. The van der Waals surface area contributed by atoms with Crippen LogP contribution in [0, 0.1) is 96.7 Å². The van der Waals surface area contributed by atoms with Crippen molar-refractivity contribution in [2.75, 3.05) is 7.05 Å². The summed E-state index contributed by atoms with van der Waals surface area (Å²) in [5, 5.41) is 12.1. The van der Waals surface area contributed by atoms with Crippen LogP contribution in [-0.4, -0.2) is 78.5 Å². The molecule has 1 amide bonds. The molecule has 24 aromatic rings. The number of aromatic amines is 6. The van der Waals surface area contributed by atoms with Crippen molar-refractivity contribution in [3.05, 3.63) is 394 Å². The zero-order valence-corrected chi connectivity index (χ0v) is 75.6. The predicted molar refractivity (Wildman–Crippen MR) is 537 cm³/mol. The van der Waals surface area contributed by atoms with Crippen LogP contribution in [0.5, 0.6) is 0 Å². The molecular formula is C113H71Cl2F10N13O2. The number of nitrogens with one attached hydrogen (secondary N) is 7. The van der Waals surface area contributed by atoms with E-state index in [1.165, 1.54) is 61.7 Å².